The van der Waals surface area contributed by atoms with Crippen molar-refractivity contribution in [3.05, 3.63) is 24.3 Å². The van der Waals surface area contributed by atoms with E-state index in [1.807, 2.05) is 0 Å². The van der Waals surface area contributed by atoms with Gasteiger partial charge in [-0.05, 0) is 44.9 Å². The summed E-state index contributed by atoms with van der Waals surface area (Å²) >= 11 is 0. The Hall–Kier alpha value is -2.11. The molecule has 0 aliphatic heterocycles. The molecule has 0 aromatic rings. The average Bonchev–Trinajstić information content (AvgIpc) is 3.13. The molecule has 298 valence electrons. The first-order chi connectivity index (χ1) is 25.0. The Labute approximate surface area is 315 Å². The standard InChI is InChI=1S/C45H82O6/c1-4-7-10-13-16-18-20-22-24-25-27-29-32-35-38-44(47)50-41-42(40-49-43(46)37-34-31-15-12-9-6-3)51-45(48)39-36-33-30-28-26-23-21-19-17-14-11-8-5-2/h11,14,19,21,42H,4-10,12-13,15-18,20,22-41H2,1-3H3/b14-11-,21-19-. The van der Waals surface area contributed by atoms with Crippen LogP contribution < -0.4 is 0 Å². The first-order valence-electron chi connectivity index (χ1n) is 21.8. The third-order valence-corrected chi connectivity index (χ3v) is 9.44. The number of hydrogen-bond donors (Lipinski definition) is 0. The summed E-state index contributed by atoms with van der Waals surface area (Å²) in [5.41, 5.74) is 0. The third kappa shape index (κ3) is 38.9. The quantitative estimate of drug-likeness (QED) is 0.0272. The minimum Gasteiger partial charge on any atom is -0.462 e. The molecule has 0 bridgehead atoms. The first-order valence-corrected chi connectivity index (χ1v) is 21.8. The Morgan fingerprint density at radius 1 is 0.392 bits per heavy atom. The van der Waals surface area contributed by atoms with Gasteiger partial charge < -0.3 is 14.2 Å². The van der Waals surface area contributed by atoms with Gasteiger partial charge in [0, 0.05) is 19.3 Å². The second kappa shape index (κ2) is 40.7. The molecule has 0 aliphatic rings. The van der Waals surface area contributed by atoms with E-state index >= 15 is 0 Å². The van der Waals surface area contributed by atoms with Crippen LogP contribution in [0.5, 0.6) is 0 Å². The Morgan fingerprint density at radius 2 is 0.745 bits per heavy atom. The molecule has 0 saturated carbocycles. The maximum absolute atomic E-state index is 12.6. The fourth-order valence-corrected chi connectivity index (χ4v) is 6.13. The molecule has 0 amide bonds. The number of carbonyl (C=O) groups is 3. The van der Waals surface area contributed by atoms with Gasteiger partial charge >= 0.3 is 17.9 Å². The van der Waals surface area contributed by atoms with E-state index in [4.69, 9.17) is 14.2 Å². The van der Waals surface area contributed by atoms with Crippen molar-refractivity contribution in [3.63, 3.8) is 0 Å². The SMILES string of the molecule is CCC/C=C\C/C=C\CCCCCCCC(=O)OC(COC(=O)CCCCCCCC)COC(=O)CCCCCCCCCCCCCCCC. The van der Waals surface area contributed by atoms with Crippen LogP contribution in [0, 0.1) is 0 Å². The number of rotatable bonds is 39. The minimum absolute atomic E-state index is 0.0740. The van der Waals surface area contributed by atoms with Crippen molar-refractivity contribution in [2.75, 3.05) is 13.2 Å². The zero-order chi connectivity index (χ0) is 37.3. The predicted molar refractivity (Wildman–Crippen MR) is 215 cm³/mol. The molecule has 0 radical (unpaired) electrons. The van der Waals surface area contributed by atoms with Gasteiger partial charge in [-0.2, -0.15) is 0 Å². The molecular formula is C45H82O6. The molecular weight excluding hydrogens is 636 g/mol. The van der Waals surface area contributed by atoms with Crippen LogP contribution >= 0.6 is 0 Å². The average molecular weight is 719 g/mol. The van der Waals surface area contributed by atoms with Crippen LogP contribution in [-0.2, 0) is 28.6 Å². The van der Waals surface area contributed by atoms with Crippen LogP contribution in [0.15, 0.2) is 24.3 Å². The molecule has 0 heterocycles. The van der Waals surface area contributed by atoms with Gasteiger partial charge in [0.15, 0.2) is 6.10 Å². The highest BCUT2D eigenvalue weighted by molar-refractivity contribution is 5.71. The molecule has 0 N–H and O–H groups in total. The van der Waals surface area contributed by atoms with E-state index < -0.39 is 6.10 Å². The van der Waals surface area contributed by atoms with Crippen LogP contribution in [0.3, 0.4) is 0 Å². The summed E-state index contributed by atoms with van der Waals surface area (Å²) in [4.78, 5) is 37.5. The maximum Gasteiger partial charge on any atom is 0.306 e. The van der Waals surface area contributed by atoms with Crippen molar-refractivity contribution in [2.45, 2.75) is 232 Å². The maximum atomic E-state index is 12.6. The monoisotopic (exact) mass is 719 g/mol. The predicted octanol–water partition coefficient (Wildman–Crippen LogP) is 13.6. The molecule has 1 atom stereocenters. The lowest BCUT2D eigenvalue weighted by molar-refractivity contribution is -0.167. The summed E-state index contributed by atoms with van der Waals surface area (Å²) in [6, 6.07) is 0. The fourth-order valence-electron chi connectivity index (χ4n) is 6.13. The summed E-state index contributed by atoms with van der Waals surface area (Å²) in [7, 11) is 0. The molecule has 0 rings (SSSR count). The van der Waals surface area contributed by atoms with Crippen LogP contribution in [0.2, 0.25) is 0 Å². The van der Waals surface area contributed by atoms with Crippen LogP contribution in [0.4, 0.5) is 0 Å². The lowest BCUT2D eigenvalue weighted by Gasteiger charge is -2.18. The van der Waals surface area contributed by atoms with Gasteiger partial charge in [-0.3, -0.25) is 14.4 Å². The Kier molecular flexibility index (Phi) is 39.0. The van der Waals surface area contributed by atoms with Gasteiger partial charge in [0.1, 0.15) is 13.2 Å². The van der Waals surface area contributed by atoms with Crippen molar-refractivity contribution in [2.24, 2.45) is 0 Å². The molecule has 51 heavy (non-hydrogen) atoms. The second-order valence-corrected chi connectivity index (χ2v) is 14.6. The summed E-state index contributed by atoms with van der Waals surface area (Å²) in [6.45, 7) is 6.50. The smallest absolute Gasteiger partial charge is 0.306 e. The Balaban J connectivity index is 4.28. The summed E-state index contributed by atoms with van der Waals surface area (Å²) < 4.78 is 16.6. The van der Waals surface area contributed by atoms with Crippen molar-refractivity contribution >= 4 is 17.9 Å². The molecule has 0 saturated heterocycles. The molecule has 0 spiro atoms. The van der Waals surface area contributed by atoms with E-state index in [1.54, 1.807) is 0 Å². The van der Waals surface area contributed by atoms with Gasteiger partial charge in [0.05, 0.1) is 0 Å². The highest BCUT2D eigenvalue weighted by Gasteiger charge is 2.19. The fraction of sp³-hybridized carbons (Fsp3) is 0.844. The molecule has 0 fully saturated rings. The summed E-state index contributed by atoms with van der Waals surface area (Å²) in [5, 5.41) is 0. The van der Waals surface area contributed by atoms with E-state index in [0.717, 1.165) is 89.9 Å². The van der Waals surface area contributed by atoms with Gasteiger partial charge in [-0.1, -0.05) is 186 Å². The first kappa shape index (κ1) is 48.9. The largest absolute Gasteiger partial charge is 0.462 e. The van der Waals surface area contributed by atoms with E-state index in [9.17, 15) is 14.4 Å². The number of carbonyl (C=O) groups excluding carboxylic acids is 3. The zero-order valence-electron chi connectivity index (χ0n) is 33.9. The van der Waals surface area contributed by atoms with E-state index in [-0.39, 0.29) is 31.1 Å². The normalized spacial score (nSPS) is 12.1. The highest BCUT2D eigenvalue weighted by Crippen LogP contribution is 2.15. The number of ether oxygens (including phenoxy) is 3. The number of esters is 3. The summed E-state index contributed by atoms with van der Waals surface area (Å²) in [5.74, 6) is -0.895. The minimum atomic E-state index is -0.769. The third-order valence-electron chi connectivity index (χ3n) is 9.44. The van der Waals surface area contributed by atoms with Crippen LogP contribution in [-0.4, -0.2) is 37.2 Å². The molecule has 1 unspecified atom stereocenters. The second-order valence-electron chi connectivity index (χ2n) is 14.6. The van der Waals surface area contributed by atoms with Crippen molar-refractivity contribution in [1.82, 2.24) is 0 Å². The molecule has 6 nitrogen and oxygen atoms in total. The van der Waals surface area contributed by atoms with Gasteiger partial charge in [-0.15, -0.1) is 0 Å². The molecule has 0 aliphatic carbocycles. The molecule has 6 heteroatoms. The lowest BCUT2D eigenvalue weighted by Crippen LogP contribution is -2.30. The number of allylic oxidation sites excluding steroid dienone is 4. The van der Waals surface area contributed by atoms with Crippen LogP contribution in [0.1, 0.15) is 226 Å². The highest BCUT2D eigenvalue weighted by atomic mass is 16.6. The number of unbranched alkanes of at least 4 members (excludes halogenated alkanes) is 24. The van der Waals surface area contributed by atoms with Crippen molar-refractivity contribution in [1.29, 1.82) is 0 Å². The van der Waals surface area contributed by atoms with E-state index in [0.29, 0.717) is 19.3 Å². The van der Waals surface area contributed by atoms with E-state index in [1.165, 1.54) is 96.3 Å². The summed E-state index contributed by atoms with van der Waals surface area (Å²) in [6.07, 6.45) is 43.2. The zero-order valence-corrected chi connectivity index (χ0v) is 33.9. The van der Waals surface area contributed by atoms with Crippen LogP contribution in [0.25, 0.3) is 0 Å². The molecule has 0 aromatic heterocycles. The number of hydrogen-bond acceptors (Lipinski definition) is 6. The van der Waals surface area contributed by atoms with Gasteiger partial charge in [0.25, 0.3) is 0 Å². The van der Waals surface area contributed by atoms with Gasteiger partial charge in [-0.25, -0.2) is 0 Å². The Morgan fingerprint density at radius 3 is 1.16 bits per heavy atom. The molecule has 0 aromatic carbocycles. The van der Waals surface area contributed by atoms with Crippen molar-refractivity contribution < 1.29 is 28.6 Å². The topological polar surface area (TPSA) is 78.9 Å². The van der Waals surface area contributed by atoms with Gasteiger partial charge in [0.2, 0.25) is 0 Å². The van der Waals surface area contributed by atoms with Crippen molar-refractivity contribution in [3.8, 4) is 0 Å². The van der Waals surface area contributed by atoms with E-state index in [2.05, 4.69) is 45.1 Å². The lowest BCUT2D eigenvalue weighted by atomic mass is 10.0. The Bertz CT molecular complexity index is 835.